The SMILES string of the molecule is Cc1nn(-c2cc(OC3CN(C(=O)N4N=CCC4c4ccccc4)C3)c(F)cn2)c(C)c1S(N)(=O)=O. The molecule has 188 valence electrons. The number of hydrazone groups is 1. The fourth-order valence-corrected chi connectivity index (χ4v) is 5.37. The Bertz CT molecular complexity index is 1450. The minimum atomic E-state index is -3.99. The van der Waals surface area contributed by atoms with Crippen LogP contribution in [0.1, 0.15) is 29.4 Å². The highest BCUT2D eigenvalue weighted by atomic mass is 32.2. The molecule has 0 aliphatic carbocycles. The number of nitrogens with two attached hydrogens (primary N) is 1. The highest BCUT2D eigenvalue weighted by molar-refractivity contribution is 7.89. The van der Waals surface area contributed by atoms with E-state index in [1.807, 2.05) is 30.3 Å². The van der Waals surface area contributed by atoms with E-state index in [4.69, 9.17) is 9.88 Å². The zero-order chi connectivity index (χ0) is 25.6. The third kappa shape index (κ3) is 4.31. The Labute approximate surface area is 207 Å². The highest BCUT2D eigenvalue weighted by Crippen LogP contribution is 2.31. The number of aryl methyl sites for hydroxylation is 1. The summed E-state index contributed by atoms with van der Waals surface area (Å²) >= 11 is 0. The number of carbonyl (C=O) groups is 1. The second-order valence-electron chi connectivity index (χ2n) is 8.66. The molecule has 2 amide bonds. The van der Waals surface area contributed by atoms with Crippen molar-refractivity contribution in [1.29, 1.82) is 0 Å². The fourth-order valence-electron chi connectivity index (χ4n) is 4.42. The molecular formula is C23H24FN7O4S. The summed E-state index contributed by atoms with van der Waals surface area (Å²) in [5, 5.41) is 15.2. The van der Waals surface area contributed by atoms with E-state index >= 15 is 0 Å². The molecule has 4 heterocycles. The van der Waals surface area contributed by atoms with Crippen LogP contribution in [0.3, 0.4) is 0 Å². The normalized spacial score (nSPS) is 17.9. The van der Waals surface area contributed by atoms with Gasteiger partial charge in [-0.05, 0) is 19.4 Å². The first kappa shape index (κ1) is 23.9. The van der Waals surface area contributed by atoms with E-state index in [1.54, 1.807) is 11.1 Å². The predicted molar refractivity (Wildman–Crippen MR) is 128 cm³/mol. The van der Waals surface area contributed by atoms with Crippen LogP contribution in [0.2, 0.25) is 0 Å². The minimum absolute atomic E-state index is 0.0804. The van der Waals surface area contributed by atoms with Crippen molar-refractivity contribution in [1.82, 2.24) is 24.7 Å². The summed E-state index contributed by atoms with van der Waals surface area (Å²) in [7, 11) is -3.99. The lowest BCUT2D eigenvalue weighted by Crippen LogP contribution is -2.58. The average Bonchev–Trinajstić information content (AvgIpc) is 3.41. The second kappa shape index (κ2) is 8.99. The molecule has 1 saturated heterocycles. The third-order valence-corrected chi connectivity index (χ3v) is 7.31. The van der Waals surface area contributed by atoms with Gasteiger partial charge in [-0.15, -0.1) is 0 Å². The molecule has 36 heavy (non-hydrogen) atoms. The lowest BCUT2D eigenvalue weighted by molar-refractivity contribution is 0.0256. The number of primary sulfonamides is 1. The van der Waals surface area contributed by atoms with Gasteiger partial charge in [-0.2, -0.15) is 10.2 Å². The molecule has 1 unspecified atom stereocenters. The summed E-state index contributed by atoms with van der Waals surface area (Å²) in [4.78, 5) is 18.5. The number of hydrogen-bond donors (Lipinski definition) is 1. The second-order valence-corrected chi connectivity index (χ2v) is 10.2. The summed E-state index contributed by atoms with van der Waals surface area (Å²) < 4.78 is 45.3. The number of nitrogens with zero attached hydrogens (tertiary/aromatic N) is 6. The van der Waals surface area contributed by atoms with Gasteiger partial charge in [-0.1, -0.05) is 30.3 Å². The van der Waals surface area contributed by atoms with Crippen molar-refractivity contribution in [2.45, 2.75) is 37.3 Å². The van der Waals surface area contributed by atoms with E-state index < -0.39 is 21.9 Å². The maximum absolute atomic E-state index is 14.5. The number of hydrogen-bond acceptors (Lipinski definition) is 7. The molecule has 5 rings (SSSR count). The van der Waals surface area contributed by atoms with Gasteiger partial charge in [0.1, 0.15) is 11.0 Å². The monoisotopic (exact) mass is 513 g/mol. The van der Waals surface area contributed by atoms with Crippen molar-refractivity contribution in [3.63, 3.8) is 0 Å². The predicted octanol–water partition coefficient (Wildman–Crippen LogP) is 2.29. The summed E-state index contributed by atoms with van der Waals surface area (Å²) in [6.45, 7) is 3.57. The van der Waals surface area contributed by atoms with Crippen molar-refractivity contribution in [3.05, 3.63) is 65.4 Å². The summed E-state index contributed by atoms with van der Waals surface area (Å²) in [6.07, 6.45) is 2.90. The van der Waals surface area contributed by atoms with Crippen LogP contribution < -0.4 is 9.88 Å². The maximum atomic E-state index is 14.5. The van der Waals surface area contributed by atoms with Gasteiger partial charge in [0.05, 0.1) is 36.7 Å². The number of likely N-dealkylation sites (tertiary alicyclic amines) is 1. The first-order valence-electron chi connectivity index (χ1n) is 11.2. The molecule has 2 aliphatic heterocycles. The minimum Gasteiger partial charge on any atom is -0.483 e. The number of pyridine rings is 1. The molecule has 1 atom stereocenters. The fraction of sp³-hybridized carbons (Fsp3) is 0.304. The Hall–Kier alpha value is -3.84. The van der Waals surface area contributed by atoms with Crippen molar-refractivity contribution in [2.24, 2.45) is 10.2 Å². The number of benzene rings is 1. The van der Waals surface area contributed by atoms with E-state index in [2.05, 4.69) is 15.2 Å². The standard InChI is InChI=1S/C23H24FN7O4S/c1-14-22(36(25,33)34)15(2)30(28-14)21-10-20(18(24)11-26-21)35-17-12-29(13-17)23(32)31-19(8-9-27-31)16-6-4-3-5-7-16/h3-7,9-11,17,19H,8,12-13H2,1-2H3,(H2,25,33,34). The van der Waals surface area contributed by atoms with Crippen molar-refractivity contribution in [2.75, 3.05) is 13.1 Å². The van der Waals surface area contributed by atoms with Gasteiger partial charge in [-0.3, -0.25) is 0 Å². The van der Waals surface area contributed by atoms with Gasteiger partial charge in [0, 0.05) is 18.7 Å². The Morgan fingerprint density at radius 1 is 1.19 bits per heavy atom. The molecule has 1 aromatic carbocycles. The van der Waals surface area contributed by atoms with Gasteiger partial charge < -0.3 is 9.64 Å². The highest BCUT2D eigenvalue weighted by Gasteiger charge is 2.39. The van der Waals surface area contributed by atoms with Gasteiger partial charge in [0.2, 0.25) is 10.0 Å². The molecule has 3 aromatic rings. The first-order valence-corrected chi connectivity index (χ1v) is 12.7. The number of aromatic nitrogens is 3. The van der Waals surface area contributed by atoms with Gasteiger partial charge in [-0.25, -0.2) is 37.4 Å². The number of ether oxygens (including phenoxy) is 1. The first-order chi connectivity index (χ1) is 17.1. The number of rotatable bonds is 5. The lowest BCUT2D eigenvalue weighted by atomic mass is 10.0. The van der Waals surface area contributed by atoms with Gasteiger partial charge >= 0.3 is 6.03 Å². The Morgan fingerprint density at radius 3 is 2.58 bits per heavy atom. The average molecular weight is 514 g/mol. The molecule has 0 bridgehead atoms. The van der Waals surface area contributed by atoms with Gasteiger partial charge in [0.25, 0.3) is 0 Å². The zero-order valence-electron chi connectivity index (χ0n) is 19.6. The van der Waals surface area contributed by atoms with Crippen LogP contribution in [0.5, 0.6) is 5.75 Å². The zero-order valence-corrected chi connectivity index (χ0v) is 20.4. The van der Waals surface area contributed by atoms with E-state index in [0.29, 0.717) is 6.42 Å². The van der Waals surface area contributed by atoms with Crippen LogP contribution in [0, 0.1) is 19.7 Å². The van der Waals surface area contributed by atoms with Crippen LogP contribution >= 0.6 is 0 Å². The molecule has 2 N–H and O–H groups in total. The van der Waals surface area contributed by atoms with Crippen LogP contribution in [0.25, 0.3) is 5.82 Å². The van der Waals surface area contributed by atoms with E-state index in [9.17, 15) is 17.6 Å². The maximum Gasteiger partial charge on any atom is 0.341 e. The number of carbonyl (C=O) groups excluding carboxylic acids is 1. The molecular weight excluding hydrogens is 489 g/mol. The molecule has 11 nitrogen and oxygen atoms in total. The lowest BCUT2D eigenvalue weighted by Gasteiger charge is -2.41. The smallest absolute Gasteiger partial charge is 0.341 e. The van der Waals surface area contributed by atoms with Crippen LogP contribution in [0.15, 0.2) is 52.6 Å². The molecule has 13 heteroatoms. The van der Waals surface area contributed by atoms with Crippen molar-refractivity contribution >= 4 is 22.3 Å². The number of sulfonamides is 1. The molecule has 2 aromatic heterocycles. The molecule has 0 saturated carbocycles. The van der Waals surface area contributed by atoms with E-state index in [-0.39, 0.29) is 53.0 Å². The van der Waals surface area contributed by atoms with E-state index in [0.717, 1.165) is 11.8 Å². The molecule has 1 fully saturated rings. The molecule has 0 radical (unpaired) electrons. The third-order valence-electron chi connectivity index (χ3n) is 6.15. The van der Waals surface area contributed by atoms with Crippen molar-refractivity contribution < 1.29 is 22.3 Å². The molecule has 0 spiro atoms. The quantitative estimate of drug-likeness (QED) is 0.556. The van der Waals surface area contributed by atoms with Crippen LogP contribution in [0.4, 0.5) is 9.18 Å². The Balaban J connectivity index is 1.27. The topological polar surface area (TPSA) is 136 Å². The molecule has 2 aliphatic rings. The van der Waals surface area contributed by atoms with E-state index in [1.165, 1.54) is 29.6 Å². The Kier molecular flexibility index (Phi) is 5.96. The van der Waals surface area contributed by atoms with Gasteiger partial charge in [0.15, 0.2) is 17.4 Å². The number of halogens is 1. The summed E-state index contributed by atoms with van der Waals surface area (Å²) in [5.41, 5.74) is 1.45. The number of amides is 2. The largest absolute Gasteiger partial charge is 0.483 e. The van der Waals surface area contributed by atoms with Crippen molar-refractivity contribution in [3.8, 4) is 11.6 Å². The Morgan fingerprint density at radius 2 is 1.92 bits per heavy atom. The summed E-state index contributed by atoms with van der Waals surface area (Å²) in [6, 6.07) is 10.6. The number of urea groups is 1. The van der Waals surface area contributed by atoms with Crippen LogP contribution in [-0.2, 0) is 10.0 Å². The summed E-state index contributed by atoms with van der Waals surface area (Å²) in [5.74, 6) is -0.598. The van der Waals surface area contributed by atoms with Crippen LogP contribution in [-0.4, -0.2) is 64.5 Å².